The first-order valence-corrected chi connectivity index (χ1v) is 10.8. The minimum absolute atomic E-state index is 0.0451. The van der Waals surface area contributed by atoms with E-state index in [-0.39, 0.29) is 23.9 Å². The monoisotopic (exact) mass is 549 g/mol. The molecule has 0 radical (unpaired) electrons. The maximum absolute atomic E-state index is 13.1. The largest absolute Gasteiger partial charge is 0.466 e. The van der Waals surface area contributed by atoms with Crippen molar-refractivity contribution >= 4 is 23.5 Å². The maximum atomic E-state index is 13.1. The predicted molar refractivity (Wildman–Crippen MR) is 118 cm³/mol. The Bertz CT molecular complexity index is 1170. The number of ether oxygens (including phenoxy) is 1. The molecule has 0 aliphatic heterocycles. The SMILES string of the molecule is CCOC(=O)C[C@H](c1ccc([N+](=O)[O-])cc1)[C@H](NC(=O)Cc1cc(C(F)(F)F)cc(C(F)(F)F)c1)C(N)=O. The minimum atomic E-state index is -5.14. The summed E-state index contributed by atoms with van der Waals surface area (Å²) in [6.07, 6.45) is -11.8. The summed E-state index contributed by atoms with van der Waals surface area (Å²) in [7, 11) is 0. The Morgan fingerprint density at radius 3 is 1.95 bits per heavy atom. The molecule has 2 amide bonds. The number of carbonyl (C=O) groups excluding carboxylic acids is 3. The molecule has 0 fully saturated rings. The third kappa shape index (κ3) is 8.18. The first kappa shape index (κ1) is 30.1. The Kier molecular flexibility index (Phi) is 9.43. The maximum Gasteiger partial charge on any atom is 0.416 e. The number of rotatable bonds is 10. The van der Waals surface area contributed by atoms with Crippen molar-refractivity contribution in [1.82, 2.24) is 5.32 Å². The molecule has 0 saturated heterocycles. The lowest BCUT2D eigenvalue weighted by molar-refractivity contribution is -0.384. The summed E-state index contributed by atoms with van der Waals surface area (Å²) < 4.78 is 83.6. The van der Waals surface area contributed by atoms with E-state index in [0.717, 1.165) is 12.1 Å². The molecule has 2 rings (SSSR count). The van der Waals surface area contributed by atoms with Crippen LogP contribution in [0, 0.1) is 10.1 Å². The molecule has 15 heteroatoms. The van der Waals surface area contributed by atoms with Crippen molar-refractivity contribution in [3.63, 3.8) is 0 Å². The van der Waals surface area contributed by atoms with E-state index in [0.29, 0.717) is 12.1 Å². The number of nitrogens with zero attached hydrogens (tertiary/aromatic N) is 1. The van der Waals surface area contributed by atoms with Gasteiger partial charge in [-0.1, -0.05) is 12.1 Å². The lowest BCUT2D eigenvalue weighted by Crippen LogP contribution is -2.49. The number of nitro benzene ring substituents is 1. The van der Waals surface area contributed by atoms with E-state index in [1.165, 1.54) is 19.1 Å². The fraction of sp³-hybridized carbons (Fsp3) is 0.348. The molecule has 9 nitrogen and oxygen atoms in total. The fourth-order valence-electron chi connectivity index (χ4n) is 3.57. The normalized spacial score (nSPS) is 13.3. The lowest BCUT2D eigenvalue weighted by atomic mass is 9.87. The molecule has 0 unspecified atom stereocenters. The first-order valence-electron chi connectivity index (χ1n) is 10.8. The van der Waals surface area contributed by atoms with Crippen LogP contribution in [-0.2, 0) is 37.9 Å². The molecular formula is C23H21F6N3O6. The van der Waals surface area contributed by atoms with Crippen molar-refractivity contribution in [1.29, 1.82) is 0 Å². The summed E-state index contributed by atoms with van der Waals surface area (Å²) in [6, 6.07) is 3.47. The number of esters is 1. The van der Waals surface area contributed by atoms with Gasteiger partial charge in [-0.3, -0.25) is 24.5 Å². The van der Waals surface area contributed by atoms with Crippen LogP contribution in [0.4, 0.5) is 32.0 Å². The highest BCUT2D eigenvalue weighted by atomic mass is 19.4. The number of halogens is 6. The van der Waals surface area contributed by atoms with Crippen molar-refractivity contribution in [2.45, 2.75) is 44.1 Å². The summed E-state index contributed by atoms with van der Waals surface area (Å²) in [4.78, 5) is 47.3. The second kappa shape index (κ2) is 11.9. The van der Waals surface area contributed by atoms with Crippen LogP contribution < -0.4 is 11.1 Å². The molecule has 2 atom stereocenters. The summed E-state index contributed by atoms with van der Waals surface area (Å²) in [5.74, 6) is -4.42. The molecule has 0 aliphatic carbocycles. The molecule has 0 aromatic heterocycles. The van der Waals surface area contributed by atoms with Crippen LogP contribution in [0.3, 0.4) is 0 Å². The standard InChI is InChI=1S/C23H21F6N3O6/c1-2-38-19(34)11-17(13-3-5-16(6-4-13)32(36)37)20(21(30)35)31-18(33)9-12-7-14(22(24,25)26)10-15(8-12)23(27,28)29/h3-8,10,17,20H,2,9,11H2,1H3,(H2,30,35)(H,31,33)/t17-,20+/m1/s1. The minimum Gasteiger partial charge on any atom is -0.466 e. The van der Waals surface area contributed by atoms with Gasteiger partial charge in [0.2, 0.25) is 11.8 Å². The van der Waals surface area contributed by atoms with Crippen LogP contribution in [-0.4, -0.2) is 35.4 Å². The third-order valence-electron chi connectivity index (χ3n) is 5.26. The lowest BCUT2D eigenvalue weighted by Gasteiger charge is -2.25. The van der Waals surface area contributed by atoms with Crippen molar-refractivity contribution in [3.8, 4) is 0 Å². The number of nitrogens with one attached hydrogen (secondary N) is 1. The summed E-state index contributed by atoms with van der Waals surface area (Å²) in [5, 5.41) is 13.1. The van der Waals surface area contributed by atoms with Crippen molar-refractivity contribution in [2.75, 3.05) is 6.61 Å². The fourth-order valence-corrected chi connectivity index (χ4v) is 3.57. The Balaban J connectivity index is 2.41. The van der Waals surface area contributed by atoms with E-state index >= 15 is 0 Å². The highest BCUT2D eigenvalue weighted by Gasteiger charge is 2.37. The summed E-state index contributed by atoms with van der Waals surface area (Å²) >= 11 is 0. The van der Waals surface area contributed by atoms with Gasteiger partial charge in [0.15, 0.2) is 0 Å². The van der Waals surface area contributed by atoms with Crippen LogP contribution in [0.15, 0.2) is 42.5 Å². The van der Waals surface area contributed by atoms with E-state index in [1.807, 2.05) is 0 Å². The van der Waals surface area contributed by atoms with E-state index < -0.39 is 76.6 Å². The molecule has 38 heavy (non-hydrogen) atoms. The van der Waals surface area contributed by atoms with E-state index in [4.69, 9.17) is 10.5 Å². The smallest absolute Gasteiger partial charge is 0.416 e. The van der Waals surface area contributed by atoms with Crippen LogP contribution in [0.25, 0.3) is 0 Å². The van der Waals surface area contributed by atoms with Crippen molar-refractivity contribution < 1.29 is 50.4 Å². The van der Waals surface area contributed by atoms with Gasteiger partial charge >= 0.3 is 18.3 Å². The molecule has 0 heterocycles. The molecule has 0 saturated carbocycles. The second-order valence-electron chi connectivity index (χ2n) is 8.00. The van der Waals surface area contributed by atoms with Gasteiger partial charge in [-0.25, -0.2) is 0 Å². The molecule has 0 bridgehead atoms. The van der Waals surface area contributed by atoms with Gasteiger partial charge in [-0.05, 0) is 36.2 Å². The first-order chi connectivity index (χ1) is 17.5. The third-order valence-corrected chi connectivity index (χ3v) is 5.26. The highest BCUT2D eigenvalue weighted by molar-refractivity contribution is 5.89. The van der Waals surface area contributed by atoms with Gasteiger partial charge in [0.1, 0.15) is 6.04 Å². The number of nitrogens with two attached hydrogens (primary N) is 1. The van der Waals surface area contributed by atoms with Crippen LogP contribution in [0.2, 0.25) is 0 Å². The summed E-state index contributed by atoms with van der Waals surface area (Å²) in [5.41, 5.74) is 1.30. The number of amides is 2. The second-order valence-corrected chi connectivity index (χ2v) is 8.00. The van der Waals surface area contributed by atoms with Gasteiger partial charge in [0, 0.05) is 18.1 Å². The quantitative estimate of drug-likeness (QED) is 0.199. The van der Waals surface area contributed by atoms with Crippen LogP contribution >= 0.6 is 0 Å². The number of alkyl halides is 6. The van der Waals surface area contributed by atoms with Gasteiger partial charge < -0.3 is 15.8 Å². The van der Waals surface area contributed by atoms with Gasteiger partial charge in [0.05, 0.1) is 35.5 Å². The summed E-state index contributed by atoms with van der Waals surface area (Å²) in [6.45, 7) is 1.45. The van der Waals surface area contributed by atoms with Crippen molar-refractivity contribution in [3.05, 3.63) is 74.8 Å². The molecule has 0 aliphatic rings. The number of hydrogen-bond acceptors (Lipinski definition) is 6. The van der Waals surface area contributed by atoms with Crippen LogP contribution in [0.5, 0.6) is 0 Å². The number of nitro groups is 1. The number of carbonyl (C=O) groups is 3. The Hall–Kier alpha value is -4.17. The van der Waals surface area contributed by atoms with Crippen LogP contribution in [0.1, 0.15) is 41.5 Å². The number of non-ortho nitro benzene ring substituents is 1. The van der Waals surface area contributed by atoms with E-state index in [1.54, 1.807) is 0 Å². The Labute approximate surface area is 211 Å². The molecule has 2 aromatic rings. The van der Waals surface area contributed by atoms with Gasteiger partial charge in [-0.2, -0.15) is 26.3 Å². The number of hydrogen-bond donors (Lipinski definition) is 2. The average Bonchev–Trinajstić information content (AvgIpc) is 2.80. The van der Waals surface area contributed by atoms with E-state index in [2.05, 4.69) is 5.32 Å². The molecule has 206 valence electrons. The predicted octanol–water partition coefficient (Wildman–Crippen LogP) is 3.88. The van der Waals surface area contributed by atoms with Gasteiger partial charge in [0.25, 0.3) is 5.69 Å². The Morgan fingerprint density at radius 2 is 1.53 bits per heavy atom. The topological polar surface area (TPSA) is 142 Å². The van der Waals surface area contributed by atoms with E-state index in [9.17, 15) is 50.8 Å². The zero-order chi connectivity index (χ0) is 28.8. The van der Waals surface area contributed by atoms with Gasteiger partial charge in [-0.15, -0.1) is 0 Å². The zero-order valence-electron chi connectivity index (χ0n) is 19.6. The number of primary amides is 1. The van der Waals surface area contributed by atoms with Crippen molar-refractivity contribution in [2.24, 2.45) is 5.73 Å². The highest BCUT2D eigenvalue weighted by Crippen LogP contribution is 2.36. The molecule has 2 aromatic carbocycles. The molecule has 0 spiro atoms. The zero-order valence-corrected chi connectivity index (χ0v) is 19.6. The molecular weight excluding hydrogens is 528 g/mol. The number of benzene rings is 2. The average molecular weight is 549 g/mol. The molecule has 3 N–H and O–H groups in total. The Morgan fingerprint density at radius 1 is 1.00 bits per heavy atom.